The summed E-state index contributed by atoms with van der Waals surface area (Å²) in [4.78, 5) is 25.1. The first-order valence-electron chi connectivity index (χ1n) is 10.3. The number of nitrogens with zero attached hydrogens (tertiary/aromatic N) is 3. The van der Waals surface area contributed by atoms with Gasteiger partial charge >= 0.3 is 0 Å². The first-order valence-corrected chi connectivity index (χ1v) is 11.8. The summed E-state index contributed by atoms with van der Waals surface area (Å²) in [5.74, 6) is -0.627. The molecular weight excluding hydrogens is 444 g/mol. The Morgan fingerprint density at radius 2 is 1.67 bits per heavy atom. The molecule has 0 radical (unpaired) electrons. The highest BCUT2D eigenvalue weighted by Gasteiger charge is 2.25. The van der Waals surface area contributed by atoms with Crippen molar-refractivity contribution >= 4 is 21.8 Å². The van der Waals surface area contributed by atoms with Crippen molar-refractivity contribution in [2.45, 2.75) is 37.9 Å². The Morgan fingerprint density at radius 3 is 2.27 bits per heavy atom. The molecule has 3 rings (SSSR count). The second kappa shape index (κ2) is 10.4. The predicted octanol–water partition coefficient (Wildman–Crippen LogP) is 1.37. The number of benzene rings is 2. The molecule has 0 aliphatic rings. The van der Waals surface area contributed by atoms with Crippen LogP contribution in [-0.4, -0.2) is 35.2 Å². The maximum absolute atomic E-state index is 12.8. The Morgan fingerprint density at radius 1 is 1.00 bits per heavy atom. The molecule has 1 aromatic heterocycles. The number of carbonyl (C=O) groups is 2. The lowest BCUT2D eigenvalue weighted by Crippen LogP contribution is -2.35. The summed E-state index contributed by atoms with van der Waals surface area (Å²) in [5.41, 5.74) is 1.74. The highest BCUT2D eigenvalue weighted by atomic mass is 32.2. The summed E-state index contributed by atoms with van der Waals surface area (Å²) in [7, 11) is -3.83. The smallest absolute Gasteiger partial charge is 0.251 e. The molecule has 1 heterocycles. The lowest BCUT2D eigenvalue weighted by Gasteiger charge is -2.20. The van der Waals surface area contributed by atoms with Crippen molar-refractivity contribution in [1.82, 2.24) is 25.6 Å². The summed E-state index contributed by atoms with van der Waals surface area (Å²) in [6, 6.07) is 14.3. The fraction of sp³-hybridized carbons (Fsp3) is 0.273. The van der Waals surface area contributed by atoms with Gasteiger partial charge in [-0.1, -0.05) is 49.4 Å². The van der Waals surface area contributed by atoms with E-state index in [1.165, 1.54) is 28.9 Å². The monoisotopic (exact) mass is 470 g/mol. The van der Waals surface area contributed by atoms with Crippen LogP contribution in [0.2, 0.25) is 0 Å². The minimum absolute atomic E-state index is 0.0396. The van der Waals surface area contributed by atoms with Crippen LogP contribution in [0.1, 0.15) is 41.5 Å². The number of nitrogens with two attached hydrogens (primary N) is 1. The van der Waals surface area contributed by atoms with E-state index < -0.39 is 22.0 Å². The molecule has 33 heavy (non-hydrogen) atoms. The SMILES string of the molecule is CC(C)C(C(=O)NCc1ccccc1)n1cc(CNC(=O)c2ccc(S(N)(=O)=O)cc2)nn1. The molecule has 0 fully saturated rings. The lowest BCUT2D eigenvalue weighted by molar-refractivity contribution is -0.126. The van der Waals surface area contributed by atoms with E-state index in [0.29, 0.717) is 12.2 Å². The summed E-state index contributed by atoms with van der Waals surface area (Å²) >= 11 is 0. The zero-order valence-electron chi connectivity index (χ0n) is 18.3. The lowest BCUT2D eigenvalue weighted by atomic mass is 10.0. The van der Waals surface area contributed by atoms with Gasteiger partial charge in [0.1, 0.15) is 11.7 Å². The van der Waals surface area contributed by atoms with Gasteiger partial charge in [-0.2, -0.15) is 0 Å². The molecule has 1 atom stereocenters. The minimum atomic E-state index is -3.83. The zero-order chi connectivity index (χ0) is 24.0. The number of amides is 2. The first-order chi connectivity index (χ1) is 15.6. The molecule has 174 valence electrons. The predicted molar refractivity (Wildman–Crippen MR) is 121 cm³/mol. The van der Waals surface area contributed by atoms with Crippen LogP contribution in [0.25, 0.3) is 0 Å². The van der Waals surface area contributed by atoms with Gasteiger partial charge in [-0.3, -0.25) is 9.59 Å². The third-order valence-corrected chi connectivity index (χ3v) is 5.86. The van der Waals surface area contributed by atoms with Crippen LogP contribution in [0.5, 0.6) is 0 Å². The molecule has 0 aliphatic heterocycles. The minimum Gasteiger partial charge on any atom is -0.350 e. The van der Waals surface area contributed by atoms with Gasteiger partial charge in [-0.15, -0.1) is 5.10 Å². The first kappa shape index (κ1) is 24.1. The Hall–Kier alpha value is -3.57. The number of hydrogen-bond donors (Lipinski definition) is 3. The molecule has 11 heteroatoms. The van der Waals surface area contributed by atoms with Gasteiger partial charge in [-0.25, -0.2) is 18.2 Å². The molecule has 2 amide bonds. The molecule has 10 nitrogen and oxygen atoms in total. The highest BCUT2D eigenvalue weighted by molar-refractivity contribution is 7.89. The Labute approximate surface area is 192 Å². The number of sulfonamides is 1. The third-order valence-electron chi connectivity index (χ3n) is 4.93. The van der Waals surface area contributed by atoms with Gasteiger partial charge < -0.3 is 10.6 Å². The van der Waals surface area contributed by atoms with Crippen LogP contribution >= 0.6 is 0 Å². The molecular formula is C22H26N6O4S. The largest absolute Gasteiger partial charge is 0.350 e. The topological polar surface area (TPSA) is 149 Å². The summed E-state index contributed by atoms with van der Waals surface area (Å²) in [5, 5.41) is 18.8. The average Bonchev–Trinajstić information content (AvgIpc) is 3.24. The summed E-state index contributed by atoms with van der Waals surface area (Å²) in [6.45, 7) is 4.33. The van der Waals surface area contributed by atoms with Crippen LogP contribution in [-0.2, 0) is 27.9 Å². The fourth-order valence-electron chi connectivity index (χ4n) is 3.22. The Bertz CT molecular complexity index is 1210. The Kier molecular flexibility index (Phi) is 7.56. The molecule has 3 aromatic rings. The van der Waals surface area contributed by atoms with Gasteiger partial charge in [-0.05, 0) is 35.7 Å². The van der Waals surface area contributed by atoms with Crippen LogP contribution in [0.15, 0.2) is 65.7 Å². The van der Waals surface area contributed by atoms with Gasteiger partial charge in [0.25, 0.3) is 5.91 Å². The van der Waals surface area contributed by atoms with E-state index in [2.05, 4.69) is 20.9 Å². The zero-order valence-corrected chi connectivity index (χ0v) is 19.1. The molecule has 0 spiro atoms. The van der Waals surface area contributed by atoms with E-state index >= 15 is 0 Å². The van der Waals surface area contributed by atoms with Crippen LogP contribution in [0, 0.1) is 5.92 Å². The van der Waals surface area contributed by atoms with Gasteiger partial charge in [0.05, 0.1) is 17.6 Å². The van der Waals surface area contributed by atoms with E-state index in [9.17, 15) is 18.0 Å². The molecule has 0 saturated carbocycles. The number of rotatable bonds is 9. The van der Waals surface area contributed by atoms with Crippen molar-refractivity contribution in [2.75, 3.05) is 0 Å². The third kappa shape index (κ3) is 6.46. The number of carbonyl (C=O) groups excluding carboxylic acids is 2. The van der Waals surface area contributed by atoms with E-state index in [0.717, 1.165) is 5.56 Å². The van der Waals surface area contributed by atoms with Crippen molar-refractivity contribution in [3.8, 4) is 0 Å². The van der Waals surface area contributed by atoms with Crippen LogP contribution < -0.4 is 15.8 Å². The number of primary sulfonamides is 1. The molecule has 1 unspecified atom stereocenters. The number of aromatic nitrogens is 3. The second-order valence-electron chi connectivity index (χ2n) is 7.83. The second-order valence-corrected chi connectivity index (χ2v) is 9.40. The fourth-order valence-corrected chi connectivity index (χ4v) is 3.73. The average molecular weight is 471 g/mol. The summed E-state index contributed by atoms with van der Waals surface area (Å²) < 4.78 is 24.1. The molecule has 0 saturated heterocycles. The van der Waals surface area contributed by atoms with Crippen molar-refractivity contribution in [3.63, 3.8) is 0 Å². The van der Waals surface area contributed by atoms with E-state index in [-0.39, 0.29) is 28.8 Å². The quantitative estimate of drug-likeness (QED) is 0.430. The van der Waals surface area contributed by atoms with Crippen molar-refractivity contribution < 1.29 is 18.0 Å². The molecule has 0 bridgehead atoms. The van der Waals surface area contributed by atoms with E-state index in [4.69, 9.17) is 5.14 Å². The van der Waals surface area contributed by atoms with Crippen molar-refractivity contribution in [3.05, 3.63) is 77.6 Å². The molecule has 4 N–H and O–H groups in total. The van der Waals surface area contributed by atoms with Gasteiger partial charge in [0, 0.05) is 12.1 Å². The summed E-state index contributed by atoms with van der Waals surface area (Å²) in [6.07, 6.45) is 1.62. The normalized spacial score (nSPS) is 12.4. The standard InChI is InChI=1S/C22H26N6O4S/c1-15(2)20(22(30)24-12-16-6-4-3-5-7-16)28-14-18(26-27-28)13-25-21(29)17-8-10-19(11-9-17)33(23,31)32/h3-11,14-15,20H,12-13H2,1-2H3,(H,24,30)(H,25,29)(H2,23,31,32). The van der Waals surface area contributed by atoms with Crippen molar-refractivity contribution in [2.24, 2.45) is 11.1 Å². The van der Waals surface area contributed by atoms with Gasteiger partial charge in [0.15, 0.2) is 0 Å². The number of nitrogens with one attached hydrogen (secondary N) is 2. The molecule has 0 aliphatic carbocycles. The van der Waals surface area contributed by atoms with Crippen LogP contribution in [0.3, 0.4) is 0 Å². The van der Waals surface area contributed by atoms with Gasteiger partial charge in [0.2, 0.25) is 15.9 Å². The maximum atomic E-state index is 12.8. The molecule has 2 aromatic carbocycles. The van der Waals surface area contributed by atoms with Crippen molar-refractivity contribution in [1.29, 1.82) is 0 Å². The van der Waals surface area contributed by atoms with Crippen LogP contribution in [0.4, 0.5) is 0 Å². The number of hydrogen-bond acceptors (Lipinski definition) is 6. The maximum Gasteiger partial charge on any atom is 0.251 e. The van der Waals surface area contributed by atoms with E-state index in [1.807, 2.05) is 44.2 Å². The van der Waals surface area contributed by atoms with E-state index in [1.54, 1.807) is 6.20 Å². The highest BCUT2D eigenvalue weighted by Crippen LogP contribution is 2.17. The Balaban J connectivity index is 1.61.